The van der Waals surface area contributed by atoms with Gasteiger partial charge in [0.15, 0.2) is 5.88 Å². The normalized spacial score (nSPS) is 11.5. The zero-order chi connectivity index (χ0) is 10.1. The highest BCUT2D eigenvalue weighted by Crippen LogP contribution is 1.95. The lowest BCUT2D eigenvalue weighted by molar-refractivity contribution is 0.268. The van der Waals surface area contributed by atoms with Crippen molar-refractivity contribution in [1.29, 1.82) is 0 Å². The third-order valence-corrected chi connectivity index (χ3v) is 1.51. The Morgan fingerprint density at radius 3 is 2.54 bits per heavy atom. The van der Waals surface area contributed by atoms with Gasteiger partial charge in [0.25, 0.3) is 0 Å². The van der Waals surface area contributed by atoms with Crippen molar-refractivity contribution in [3.63, 3.8) is 0 Å². The quantitative estimate of drug-likeness (QED) is 0.400. The summed E-state index contributed by atoms with van der Waals surface area (Å²) in [6.45, 7) is 4.19. The molecule has 74 valence electrons. The van der Waals surface area contributed by atoms with Crippen molar-refractivity contribution >= 4 is 0 Å². The van der Waals surface area contributed by atoms with Gasteiger partial charge in [0, 0.05) is 7.05 Å². The van der Waals surface area contributed by atoms with E-state index in [0.29, 0.717) is 0 Å². The van der Waals surface area contributed by atoms with Gasteiger partial charge in [0.1, 0.15) is 0 Å². The van der Waals surface area contributed by atoms with Crippen molar-refractivity contribution in [2.75, 3.05) is 14.2 Å². The van der Waals surface area contributed by atoms with E-state index in [1.807, 2.05) is 19.2 Å². The van der Waals surface area contributed by atoms with Gasteiger partial charge in [0.2, 0.25) is 0 Å². The molecule has 2 nitrogen and oxygen atoms in total. The molecule has 0 aliphatic heterocycles. The van der Waals surface area contributed by atoms with Crippen molar-refractivity contribution in [2.45, 2.75) is 20.3 Å². The smallest absolute Gasteiger partial charge is 0.186 e. The molecule has 0 heterocycles. The van der Waals surface area contributed by atoms with Crippen LogP contribution in [0.15, 0.2) is 35.8 Å². The topological polar surface area (TPSA) is 21.3 Å². The van der Waals surface area contributed by atoms with Crippen LogP contribution in [0.25, 0.3) is 0 Å². The molecule has 0 aromatic rings. The van der Waals surface area contributed by atoms with Gasteiger partial charge >= 0.3 is 0 Å². The number of nitrogens with one attached hydrogen (secondary N) is 1. The monoisotopic (exact) mass is 181 g/mol. The second-order valence-corrected chi connectivity index (χ2v) is 2.93. The summed E-state index contributed by atoms with van der Waals surface area (Å²) in [6.07, 6.45) is 9.12. The van der Waals surface area contributed by atoms with Crippen molar-refractivity contribution in [3.8, 4) is 0 Å². The molecule has 0 unspecified atom stereocenters. The molecule has 0 aromatic heterocycles. The first-order valence-corrected chi connectivity index (χ1v) is 4.42. The molecule has 0 aromatic carbocycles. The van der Waals surface area contributed by atoms with Crippen molar-refractivity contribution in [1.82, 2.24) is 5.32 Å². The minimum absolute atomic E-state index is 0.772. The van der Waals surface area contributed by atoms with Gasteiger partial charge in [-0.15, -0.1) is 0 Å². The Kier molecular flexibility index (Phi) is 6.79. The Bertz CT molecular complexity index is 204. The lowest BCUT2D eigenvalue weighted by Crippen LogP contribution is -2.06. The number of allylic oxidation sites excluding steroid dienone is 5. The Labute approximate surface area is 81.0 Å². The molecule has 13 heavy (non-hydrogen) atoms. The summed E-state index contributed by atoms with van der Waals surface area (Å²) in [7, 11) is 3.48. The summed E-state index contributed by atoms with van der Waals surface area (Å²) >= 11 is 0. The van der Waals surface area contributed by atoms with E-state index in [4.69, 9.17) is 4.74 Å². The first-order valence-electron chi connectivity index (χ1n) is 4.42. The minimum atomic E-state index is 0.772. The highest BCUT2D eigenvalue weighted by molar-refractivity contribution is 5.08. The van der Waals surface area contributed by atoms with Crippen LogP contribution >= 0.6 is 0 Å². The van der Waals surface area contributed by atoms with Crippen LogP contribution in [0.1, 0.15) is 20.3 Å². The van der Waals surface area contributed by atoms with E-state index < -0.39 is 0 Å². The van der Waals surface area contributed by atoms with E-state index in [2.05, 4.69) is 31.3 Å². The predicted molar refractivity (Wildman–Crippen MR) is 57.3 cm³/mol. The molecule has 0 amide bonds. The zero-order valence-corrected chi connectivity index (χ0v) is 8.92. The van der Waals surface area contributed by atoms with E-state index in [1.54, 1.807) is 7.11 Å². The number of methoxy groups -OCH3 is 1. The minimum Gasteiger partial charge on any atom is -0.483 e. The second-order valence-electron chi connectivity index (χ2n) is 2.93. The molecule has 0 radical (unpaired) electrons. The van der Waals surface area contributed by atoms with Crippen LogP contribution in [0.5, 0.6) is 0 Å². The lowest BCUT2D eigenvalue weighted by atomic mass is 10.2. The van der Waals surface area contributed by atoms with Gasteiger partial charge in [-0.05, 0) is 26.3 Å². The number of rotatable bonds is 5. The maximum absolute atomic E-state index is 5.01. The molecule has 0 bridgehead atoms. The SMILES string of the molecule is CN/C(=C\C=C/CC=C(C)C)OC. The summed E-state index contributed by atoms with van der Waals surface area (Å²) in [5.41, 5.74) is 1.34. The summed E-state index contributed by atoms with van der Waals surface area (Å²) in [6, 6.07) is 0. The fourth-order valence-electron chi connectivity index (χ4n) is 0.791. The highest BCUT2D eigenvalue weighted by atomic mass is 16.5. The average molecular weight is 181 g/mol. The Morgan fingerprint density at radius 1 is 1.38 bits per heavy atom. The van der Waals surface area contributed by atoms with Crippen LogP contribution in [0.4, 0.5) is 0 Å². The summed E-state index contributed by atoms with van der Waals surface area (Å²) in [4.78, 5) is 0. The number of hydrogen-bond acceptors (Lipinski definition) is 2. The van der Waals surface area contributed by atoms with Gasteiger partial charge in [0.05, 0.1) is 7.11 Å². The molecule has 0 fully saturated rings. The maximum Gasteiger partial charge on any atom is 0.186 e. The fraction of sp³-hybridized carbons (Fsp3) is 0.455. The van der Waals surface area contributed by atoms with Gasteiger partial charge in [-0.3, -0.25) is 0 Å². The van der Waals surface area contributed by atoms with E-state index in [0.717, 1.165) is 12.3 Å². The molecule has 0 saturated heterocycles. The van der Waals surface area contributed by atoms with Crippen molar-refractivity contribution in [2.24, 2.45) is 0 Å². The van der Waals surface area contributed by atoms with Gasteiger partial charge < -0.3 is 10.1 Å². The first-order chi connectivity index (χ1) is 6.20. The van der Waals surface area contributed by atoms with Gasteiger partial charge in [-0.2, -0.15) is 0 Å². The van der Waals surface area contributed by atoms with Gasteiger partial charge in [-0.1, -0.05) is 23.8 Å². The average Bonchev–Trinajstić information content (AvgIpc) is 2.11. The lowest BCUT2D eigenvalue weighted by Gasteiger charge is -2.01. The largest absolute Gasteiger partial charge is 0.483 e. The van der Waals surface area contributed by atoms with E-state index in [1.165, 1.54) is 5.57 Å². The van der Waals surface area contributed by atoms with Crippen molar-refractivity contribution in [3.05, 3.63) is 35.8 Å². The first kappa shape index (κ1) is 11.8. The van der Waals surface area contributed by atoms with Crippen LogP contribution in [0.2, 0.25) is 0 Å². The molecule has 0 saturated carbocycles. The van der Waals surface area contributed by atoms with Crippen LogP contribution in [0, 0.1) is 0 Å². The zero-order valence-electron chi connectivity index (χ0n) is 8.92. The van der Waals surface area contributed by atoms with Crippen LogP contribution in [-0.4, -0.2) is 14.2 Å². The molecule has 0 spiro atoms. The van der Waals surface area contributed by atoms with Crippen LogP contribution in [0.3, 0.4) is 0 Å². The molecule has 0 atom stereocenters. The van der Waals surface area contributed by atoms with Crippen LogP contribution in [-0.2, 0) is 4.74 Å². The maximum atomic E-state index is 5.01. The van der Waals surface area contributed by atoms with E-state index in [9.17, 15) is 0 Å². The molecular weight excluding hydrogens is 162 g/mol. The summed E-state index contributed by atoms with van der Waals surface area (Å²) < 4.78 is 5.01. The highest BCUT2D eigenvalue weighted by Gasteiger charge is 1.83. The number of hydrogen-bond donors (Lipinski definition) is 1. The predicted octanol–water partition coefficient (Wildman–Crippen LogP) is 2.61. The van der Waals surface area contributed by atoms with Crippen LogP contribution < -0.4 is 5.32 Å². The number of ether oxygens (including phenoxy) is 1. The summed E-state index contributed by atoms with van der Waals surface area (Å²) in [5, 5.41) is 2.92. The van der Waals surface area contributed by atoms with Gasteiger partial charge in [-0.25, -0.2) is 0 Å². The fourth-order valence-corrected chi connectivity index (χ4v) is 0.791. The Balaban J connectivity index is 3.85. The molecule has 1 N–H and O–H groups in total. The summed E-state index contributed by atoms with van der Waals surface area (Å²) in [5.74, 6) is 0.772. The third kappa shape index (κ3) is 7.19. The molecule has 2 heteroatoms. The molecular formula is C11H19NO. The third-order valence-electron chi connectivity index (χ3n) is 1.51. The standard InChI is InChI=1S/C11H19NO/c1-10(2)8-6-5-7-9-11(12-3)13-4/h5,7-9,12H,6H2,1-4H3/b7-5-,11-9+. The molecule has 0 rings (SSSR count). The molecule has 0 aliphatic rings. The van der Waals surface area contributed by atoms with Crippen molar-refractivity contribution < 1.29 is 4.74 Å². The Hall–Kier alpha value is -1.18. The Morgan fingerprint density at radius 2 is 2.08 bits per heavy atom. The van der Waals surface area contributed by atoms with E-state index >= 15 is 0 Å². The second kappa shape index (κ2) is 7.47. The molecule has 0 aliphatic carbocycles. The van der Waals surface area contributed by atoms with E-state index in [-0.39, 0.29) is 0 Å².